The minimum atomic E-state index is -0.380. The number of nitrogens with zero attached hydrogens (tertiary/aromatic N) is 5. The maximum Gasteiger partial charge on any atom is 0.227 e. The first-order valence-corrected chi connectivity index (χ1v) is 9.86. The van der Waals surface area contributed by atoms with Crippen LogP contribution < -0.4 is 9.80 Å². The van der Waals surface area contributed by atoms with Crippen molar-refractivity contribution in [2.75, 3.05) is 37.0 Å². The van der Waals surface area contributed by atoms with E-state index in [9.17, 15) is 5.11 Å². The van der Waals surface area contributed by atoms with Crippen LogP contribution in [-0.4, -0.2) is 53.3 Å². The minimum absolute atomic E-state index is 0.161. The van der Waals surface area contributed by atoms with Crippen LogP contribution in [0.4, 0.5) is 11.8 Å². The summed E-state index contributed by atoms with van der Waals surface area (Å²) >= 11 is 0. The summed E-state index contributed by atoms with van der Waals surface area (Å²) in [5.41, 5.74) is 3.26. The molecule has 0 spiro atoms. The first kappa shape index (κ1) is 18.6. The highest BCUT2D eigenvalue weighted by Crippen LogP contribution is 2.29. The average molecular weight is 377 g/mol. The molecule has 2 unspecified atom stereocenters. The van der Waals surface area contributed by atoms with Gasteiger partial charge in [-0.05, 0) is 30.5 Å². The Bertz CT molecular complexity index is 969. The van der Waals surface area contributed by atoms with E-state index >= 15 is 0 Å². The van der Waals surface area contributed by atoms with Crippen LogP contribution in [0.1, 0.15) is 18.2 Å². The molecule has 1 aromatic carbocycles. The van der Waals surface area contributed by atoms with Crippen LogP contribution in [0.3, 0.4) is 0 Å². The van der Waals surface area contributed by atoms with Gasteiger partial charge in [-0.2, -0.15) is 4.98 Å². The smallest absolute Gasteiger partial charge is 0.227 e. The molecule has 0 amide bonds. The zero-order valence-corrected chi connectivity index (χ0v) is 16.7. The molecule has 0 aliphatic carbocycles. The number of aryl methyl sites for hydroxylation is 1. The fourth-order valence-corrected chi connectivity index (χ4v) is 3.87. The lowest BCUT2D eigenvalue weighted by Gasteiger charge is -2.20. The second kappa shape index (κ2) is 7.72. The molecule has 1 aliphatic rings. The quantitative estimate of drug-likeness (QED) is 0.738. The lowest BCUT2D eigenvalue weighted by Crippen LogP contribution is -2.24. The SMILES string of the molecule is CCc1cc(N2CC(O)C(Cc3ccnc4ccccc34)C2)nc(N(C)C)n1. The van der Waals surface area contributed by atoms with Gasteiger partial charge in [0.1, 0.15) is 5.82 Å². The molecule has 0 radical (unpaired) electrons. The maximum atomic E-state index is 10.7. The van der Waals surface area contributed by atoms with Crippen LogP contribution in [0.25, 0.3) is 10.9 Å². The number of para-hydroxylation sites is 1. The van der Waals surface area contributed by atoms with Crippen molar-refractivity contribution in [3.8, 4) is 0 Å². The van der Waals surface area contributed by atoms with Gasteiger partial charge in [-0.25, -0.2) is 4.98 Å². The molecule has 1 saturated heterocycles. The molecule has 28 heavy (non-hydrogen) atoms. The first-order valence-electron chi connectivity index (χ1n) is 9.86. The molecule has 146 valence electrons. The van der Waals surface area contributed by atoms with Crippen LogP contribution in [-0.2, 0) is 12.8 Å². The fraction of sp³-hybridized carbons (Fsp3) is 0.409. The van der Waals surface area contributed by atoms with Gasteiger partial charge in [-0.15, -0.1) is 0 Å². The van der Waals surface area contributed by atoms with Gasteiger partial charge in [0.15, 0.2) is 0 Å². The van der Waals surface area contributed by atoms with Crippen molar-refractivity contribution in [3.05, 3.63) is 53.9 Å². The average Bonchev–Trinajstić information content (AvgIpc) is 3.08. The zero-order chi connectivity index (χ0) is 19.7. The topological polar surface area (TPSA) is 65.4 Å². The maximum absolute atomic E-state index is 10.7. The van der Waals surface area contributed by atoms with E-state index < -0.39 is 0 Å². The Balaban J connectivity index is 1.57. The molecule has 2 atom stereocenters. The van der Waals surface area contributed by atoms with E-state index in [0.29, 0.717) is 12.5 Å². The van der Waals surface area contributed by atoms with Gasteiger partial charge in [0.2, 0.25) is 5.95 Å². The number of fused-ring (bicyclic) bond motifs is 1. The second-order valence-electron chi connectivity index (χ2n) is 7.69. The summed E-state index contributed by atoms with van der Waals surface area (Å²) in [5.74, 6) is 1.78. The third-order valence-electron chi connectivity index (χ3n) is 5.47. The van der Waals surface area contributed by atoms with Crippen LogP contribution in [0.2, 0.25) is 0 Å². The Hall–Kier alpha value is -2.73. The largest absolute Gasteiger partial charge is 0.391 e. The minimum Gasteiger partial charge on any atom is -0.391 e. The number of pyridine rings is 1. The van der Waals surface area contributed by atoms with Crippen molar-refractivity contribution in [1.29, 1.82) is 0 Å². The van der Waals surface area contributed by atoms with Crippen LogP contribution in [0.15, 0.2) is 42.6 Å². The Morgan fingerprint density at radius 2 is 1.96 bits per heavy atom. The molecule has 0 bridgehead atoms. The molecule has 1 aliphatic heterocycles. The highest BCUT2D eigenvalue weighted by molar-refractivity contribution is 5.81. The Labute approximate surface area is 165 Å². The number of aliphatic hydroxyl groups excluding tert-OH is 1. The number of rotatable bonds is 5. The first-order chi connectivity index (χ1) is 13.5. The van der Waals surface area contributed by atoms with E-state index in [1.165, 1.54) is 10.9 Å². The van der Waals surface area contributed by atoms with Crippen molar-refractivity contribution >= 4 is 22.7 Å². The summed E-state index contributed by atoms with van der Waals surface area (Å²) in [6.45, 7) is 3.48. The Morgan fingerprint density at radius 1 is 1.14 bits per heavy atom. The van der Waals surface area contributed by atoms with Gasteiger partial charge in [0, 0.05) is 56.4 Å². The molecule has 4 rings (SSSR count). The summed E-state index contributed by atoms with van der Waals surface area (Å²) < 4.78 is 0. The van der Waals surface area contributed by atoms with Gasteiger partial charge in [0.05, 0.1) is 11.6 Å². The molecule has 1 fully saturated rings. The number of aliphatic hydroxyl groups is 1. The highest BCUT2D eigenvalue weighted by atomic mass is 16.3. The van der Waals surface area contributed by atoms with E-state index in [-0.39, 0.29) is 12.0 Å². The van der Waals surface area contributed by atoms with Gasteiger partial charge in [-0.3, -0.25) is 4.98 Å². The van der Waals surface area contributed by atoms with Crippen LogP contribution >= 0.6 is 0 Å². The number of anilines is 2. The van der Waals surface area contributed by atoms with Crippen molar-refractivity contribution in [2.24, 2.45) is 5.92 Å². The highest BCUT2D eigenvalue weighted by Gasteiger charge is 2.33. The van der Waals surface area contributed by atoms with Crippen LogP contribution in [0.5, 0.6) is 0 Å². The third-order valence-corrected chi connectivity index (χ3v) is 5.47. The van der Waals surface area contributed by atoms with Gasteiger partial charge in [-0.1, -0.05) is 25.1 Å². The molecular formula is C22H27N5O. The van der Waals surface area contributed by atoms with Gasteiger partial charge in [0.25, 0.3) is 0 Å². The summed E-state index contributed by atoms with van der Waals surface area (Å²) in [4.78, 5) is 17.9. The monoisotopic (exact) mass is 377 g/mol. The lowest BCUT2D eigenvalue weighted by molar-refractivity contribution is 0.148. The molecule has 0 saturated carbocycles. The summed E-state index contributed by atoms with van der Waals surface area (Å²) in [6, 6.07) is 12.3. The Kier molecular flexibility index (Phi) is 5.13. The normalized spacial score (nSPS) is 19.4. The molecule has 3 aromatic rings. The molecular weight excluding hydrogens is 350 g/mol. The standard InChI is InChI=1S/C22H27N5O/c1-4-17-12-21(25-22(24-17)26(2)3)27-13-16(20(28)14-27)11-15-9-10-23-19-8-6-5-7-18(15)19/h5-10,12,16,20,28H,4,11,13-14H2,1-3H3. The summed E-state index contributed by atoms with van der Waals surface area (Å²) in [7, 11) is 3.91. The van der Waals surface area contributed by atoms with E-state index in [0.717, 1.165) is 36.4 Å². The second-order valence-corrected chi connectivity index (χ2v) is 7.69. The number of hydrogen-bond donors (Lipinski definition) is 1. The van der Waals surface area contributed by atoms with Gasteiger partial charge >= 0.3 is 0 Å². The van der Waals surface area contributed by atoms with Crippen molar-refractivity contribution in [2.45, 2.75) is 25.9 Å². The summed E-state index contributed by atoms with van der Waals surface area (Å²) in [5, 5.41) is 11.9. The molecule has 6 nitrogen and oxygen atoms in total. The van der Waals surface area contributed by atoms with Crippen molar-refractivity contribution in [1.82, 2.24) is 15.0 Å². The van der Waals surface area contributed by atoms with E-state index in [2.05, 4.69) is 33.9 Å². The zero-order valence-electron chi connectivity index (χ0n) is 16.7. The van der Waals surface area contributed by atoms with Crippen molar-refractivity contribution in [3.63, 3.8) is 0 Å². The predicted octanol–water partition coefficient (Wildman–Crippen LogP) is 2.69. The predicted molar refractivity (Wildman–Crippen MR) is 113 cm³/mol. The van der Waals surface area contributed by atoms with E-state index in [1.807, 2.05) is 49.5 Å². The third kappa shape index (κ3) is 3.64. The van der Waals surface area contributed by atoms with Crippen molar-refractivity contribution < 1.29 is 5.11 Å². The molecule has 2 aromatic heterocycles. The summed E-state index contributed by atoms with van der Waals surface area (Å²) in [6.07, 6.45) is 3.17. The van der Waals surface area contributed by atoms with E-state index in [1.54, 1.807) is 0 Å². The molecule has 3 heterocycles. The van der Waals surface area contributed by atoms with E-state index in [4.69, 9.17) is 4.98 Å². The number of aromatic nitrogens is 3. The fourth-order valence-electron chi connectivity index (χ4n) is 3.87. The van der Waals surface area contributed by atoms with Crippen LogP contribution in [0, 0.1) is 5.92 Å². The number of benzene rings is 1. The number of hydrogen-bond acceptors (Lipinski definition) is 6. The number of β-amino-alcohol motifs (C(OH)–C–C–N with tert-alkyl or cyclic N) is 1. The Morgan fingerprint density at radius 3 is 2.75 bits per heavy atom. The van der Waals surface area contributed by atoms with Gasteiger partial charge < -0.3 is 14.9 Å². The lowest BCUT2D eigenvalue weighted by atomic mass is 9.94. The molecule has 1 N–H and O–H groups in total. The molecule has 6 heteroatoms.